The summed E-state index contributed by atoms with van der Waals surface area (Å²) >= 11 is 1.43. The highest BCUT2D eigenvalue weighted by Gasteiger charge is 2.26. The molecule has 152 valence electrons. The summed E-state index contributed by atoms with van der Waals surface area (Å²) in [6.45, 7) is 3.99. The van der Waals surface area contributed by atoms with Crippen LogP contribution in [0.1, 0.15) is 40.1 Å². The third kappa shape index (κ3) is 4.41. The van der Waals surface area contributed by atoms with Crippen LogP contribution in [0.25, 0.3) is 10.2 Å². The maximum atomic E-state index is 13.0. The molecule has 2 aromatic heterocycles. The summed E-state index contributed by atoms with van der Waals surface area (Å²) in [6, 6.07) is 10.4. The van der Waals surface area contributed by atoms with Crippen LogP contribution in [0.3, 0.4) is 0 Å². The molecule has 0 aliphatic carbocycles. The number of amides is 1. The van der Waals surface area contributed by atoms with Crippen LogP contribution in [0.4, 0.5) is 5.82 Å². The highest BCUT2D eigenvalue weighted by atomic mass is 32.1. The second kappa shape index (κ2) is 8.88. The van der Waals surface area contributed by atoms with Crippen molar-refractivity contribution in [3.8, 4) is 0 Å². The summed E-state index contributed by atoms with van der Waals surface area (Å²) in [5.41, 5.74) is 2.26. The van der Waals surface area contributed by atoms with Crippen molar-refractivity contribution in [1.82, 2.24) is 14.9 Å². The number of nitrogens with zero attached hydrogens (tertiary/aromatic N) is 3. The maximum absolute atomic E-state index is 13.0. The molecule has 1 fully saturated rings. The van der Waals surface area contributed by atoms with E-state index in [1.807, 2.05) is 17.9 Å². The molecule has 0 radical (unpaired) electrons. The first-order valence-electron chi connectivity index (χ1n) is 10.1. The van der Waals surface area contributed by atoms with Crippen LogP contribution >= 0.6 is 11.3 Å². The fraction of sp³-hybridized carbons (Fsp3) is 0.409. The Balaban J connectivity index is 1.47. The van der Waals surface area contributed by atoms with E-state index in [1.165, 1.54) is 16.9 Å². The smallest absolute Gasteiger partial charge is 0.264 e. The minimum absolute atomic E-state index is 0.0347. The number of aliphatic hydroxyl groups excluding tert-OH is 1. The normalized spacial score (nSPS) is 15.0. The minimum Gasteiger partial charge on any atom is -0.393 e. The van der Waals surface area contributed by atoms with Gasteiger partial charge in [-0.15, -0.1) is 11.3 Å². The summed E-state index contributed by atoms with van der Waals surface area (Å²) in [6.07, 6.45) is 4.56. The summed E-state index contributed by atoms with van der Waals surface area (Å²) in [5, 5.41) is 14.1. The highest BCUT2D eigenvalue weighted by molar-refractivity contribution is 7.20. The van der Waals surface area contributed by atoms with E-state index in [2.05, 4.69) is 39.6 Å². The van der Waals surface area contributed by atoms with Crippen LogP contribution in [0.2, 0.25) is 0 Å². The zero-order valence-electron chi connectivity index (χ0n) is 16.6. The standard InChI is InChI=1S/C22H26N4O2S/c1-15-18-20(23-11-5-8-16-6-3-2-4-7-16)24-14-25-21(18)29-19(15)22(28)26-12-9-17(27)10-13-26/h2-4,6-7,14,17,27H,5,8-13H2,1H3,(H,23,24,25). The van der Waals surface area contributed by atoms with Gasteiger partial charge in [0, 0.05) is 19.6 Å². The van der Waals surface area contributed by atoms with E-state index in [0.29, 0.717) is 25.9 Å². The van der Waals surface area contributed by atoms with Crippen molar-refractivity contribution in [2.75, 3.05) is 25.0 Å². The van der Waals surface area contributed by atoms with Gasteiger partial charge in [-0.1, -0.05) is 30.3 Å². The summed E-state index contributed by atoms with van der Waals surface area (Å²) in [4.78, 5) is 25.2. The number of carbonyl (C=O) groups is 1. The first kappa shape index (κ1) is 19.8. The first-order chi connectivity index (χ1) is 14.1. The van der Waals surface area contributed by atoms with Crippen molar-refractivity contribution < 1.29 is 9.90 Å². The first-order valence-corrected chi connectivity index (χ1v) is 10.9. The lowest BCUT2D eigenvalue weighted by Gasteiger charge is -2.29. The van der Waals surface area contributed by atoms with Crippen molar-refractivity contribution in [3.63, 3.8) is 0 Å². The van der Waals surface area contributed by atoms with Crippen LogP contribution in [0, 0.1) is 6.92 Å². The molecule has 1 aromatic carbocycles. The van der Waals surface area contributed by atoms with Gasteiger partial charge < -0.3 is 15.3 Å². The molecule has 0 unspecified atom stereocenters. The molecule has 3 heterocycles. The SMILES string of the molecule is Cc1c(C(=O)N2CCC(O)CC2)sc2ncnc(NCCCc3ccccc3)c12. The second-order valence-electron chi connectivity index (χ2n) is 7.50. The zero-order chi connectivity index (χ0) is 20.2. The van der Waals surface area contributed by atoms with Gasteiger partial charge in [-0.3, -0.25) is 4.79 Å². The van der Waals surface area contributed by atoms with Gasteiger partial charge in [0.1, 0.15) is 17.0 Å². The molecular weight excluding hydrogens is 384 g/mol. The number of hydrogen-bond donors (Lipinski definition) is 2. The molecule has 29 heavy (non-hydrogen) atoms. The van der Waals surface area contributed by atoms with Crippen molar-refractivity contribution in [1.29, 1.82) is 0 Å². The highest BCUT2D eigenvalue weighted by Crippen LogP contribution is 2.34. The Morgan fingerprint density at radius 2 is 2.00 bits per heavy atom. The van der Waals surface area contributed by atoms with Crippen LogP contribution in [0.5, 0.6) is 0 Å². The molecule has 0 bridgehead atoms. The number of benzene rings is 1. The van der Waals surface area contributed by atoms with Gasteiger partial charge in [0.25, 0.3) is 5.91 Å². The molecule has 1 saturated heterocycles. The average molecular weight is 411 g/mol. The molecular formula is C22H26N4O2S. The number of piperidine rings is 1. The Labute approximate surface area is 174 Å². The number of fused-ring (bicyclic) bond motifs is 1. The van der Waals surface area contributed by atoms with Crippen molar-refractivity contribution in [2.24, 2.45) is 0 Å². The quantitative estimate of drug-likeness (QED) is 0.607. The van der Waals surface area contributed by atoms with Crippen LogP contribution in [0.15, 0.2) is 36.7 Å². The van der Waals surface area contributed by atoms with Crippen LogP contribution in [-0.2, 0) is 6.42 Å². The molecule has 3 aromatic rings. The molecule has 2 N–H and O–H groups in total. The summed E-state index contributed by atoms with van der Waals surface area (Å²) in [7, 11) is 0. The number of nitrogens with one attached hydrogen (secondary N) is 1. The molecule has 1 aliphatic heterocycles. The number of aryl methyl sites for hydroxylation is 2. The van der Waals surface area contributed by atoms with E-state index in [1.54, 1.807) is 6.33 Å². The third-order valence-electron chi connectivity index (χ3n) is 5.45. The van der Waals surface area contributed by atoms with Crippen molar-refractivity contribution >= 4 is 33.3 Å². The van der Waals surface area contributed by atoms with E-state index < -0.39 is 0 Å². The number of likely N-dealkylation sites (tertiary alicyclic amines) is 1. The Kier molecular flexibility index (Phi) is 6.06. The molecule has 6 nitrogen and oxygen atoms in total. The van der Waals surface area contributed by atoms with E-state index in [0.717, 1.165) is 45.9 Å². The lowest BCUT2D eigenvalue weighted by atomic mass is 10.1. The van der Waals surface area contributed by atoms with E-state index in [-0.39, 0.29) is 12.0 Å². The van der Waals surface area contributed by atoms with Crippen molar-refractivity contribution in [3.05, 3.63) is 52.7 Å². The van der Waals surface area contributed by atoms with Crippen LogP contribution in [-0.4, -0.2) is 51.6 Å². The van der Waals surface area contributed by atoms with E-state index in [4.69, 9.17) is 0 Å². The fourth-order valence-electron chi connectivity index (χ4n) is 3.77. The van der Waals surface area contributed by atoms with Crippen molar-refractivity contribution in [2.45, 2.75) is 38.7 Å². The number of rotatable bonds is 6. The molecule has 1 amide bonds. The Morgan fingerprint density at radius 1 is 1.24 bits per heavy atom. The third-order valence-corrected chi connectivity index (χ3v) is 6.64. The Morgan fingerprint density at radius 3 is 2.76 bits per heavy atom. The second-order valence-corrected chi connectivity index (χ2v) is 8.50. The van der Waals surface area contributed by atoms with Gasteiger partial charge >= 0.3 is 0 Å². The molecule has 4 rings (SSSR count). The largest absolute Gasteiger partial charge is 0.393 e. The topological polar surface area (TPSA) is 78.4 Å². The number of carbonyl (C=O) groups excluding carboxylic acids is 1. The Hall–Kier alpha value is -2.51. The summed E-state index contributed by atoms with van der Waals surface area (Å²) < 4.78 is 0. The summed E-state index contributed by atoms with van der Waals surface area (Å²) in [5.74, 6) is 0.831. The zero-order valence-corrected chi connectivity index (χ0v) is 17.4. The number of aromatic nitrogens is 2. The minimum atomic E-state index is -0.292. The van der Waals surface area contributed by atoms with E-state index in [9.17, 15) is 9.90 Å². The lowest BCUT2D eigenvalue weighted by molar-refractivity contribution is 0.0550. The predicted molar refractivity (Wildman–Crippen MR) is 117 cm³/mol. The molecule has 0 saturated carbocycles. The van der Waals surface area contributed by atoms with Gasteiger partial charge in [0.05, 0.1) is 16.4 Å². The number of hydrogen-bond acceptors (Lipinski definition) is 6. The van der Waals surface area contributed by atoms with Gasteiger partial charge in [0.15, 0.2) is 0 Å². The molecule has 0 atom stereocenters. The van der Waals surface area contributed by atoms with Gasteiger partial charge in [-0.25, -0.2) is 9.97 Å². The van der Waals surface area contributed by atoms with Gasteiger partial charge in [0.2, 0.25) is 0 Å². The Bertz CT molecular complexity index is 981. The van der Waals surface area contributed by atoms with E-state index >= 15 is 0 Å². The van der Waals surface area contributed by atoms with Crippen LogP contribution < -0.4 is 5.32 Å². The monoisotopic (exact) mass is 410 g/mol. The van der Waals surface area contributed by atoms with Gasteiger partial charge in [-0.05, 0) is 43.7 Å². The molecule has 1 aliphatic rings. The average Bonchev–Trinajstić information content (AvgIpc) is 3.09. The lowest BCUT2D eigenvalue weighted by Crippen LogP contribution is -2.39. The molecule has 7 heteroatoms. The van der Waals surface area contributed by atoms with Gasteiger partial charge in [-0.2, -0.15) is 0 Å². The predicted octanol–water partition coefficient (Wildman–Crippen LogP) is 3.64. The number of anilines is 1. The maximum Gasteiger partial charge on any atom is 0.264 e. The number of aliphatic hydroxyl groups is 1. The number of thiophene rings is 1. The fourth-order valence-corrected chi connectivity index (χ4v) is 4.88. The molecule has 0 spiro atoms.